The minimum Gasteiger partial charge on any atom is -0.374 e. The molecule has 5 heteroatoms. The van der Waals surface area contributed by atoms with Crippen molar-refractivity contribution >= 4 is 5.78 Å². The van der Waals surface area contributed by atoms with Gasteiger partial charge in [0.05, 0.1) is 24.0 Å². The average Bonchev–Trinajstić information content (AvgIpc) is 3.04. The van der Waals surface area contributed by atoms with Crippen LogP contribution in [0.15, 0.2) is 4.52 Å². The van der Waals surface area contributed by atoms with Gasteiger partial charge >= 0.3 is 0 Å². The number of Topliss-reactive ketones (excluding diaryl/α,β-unsaturated/α-hetero) is 1. The molecule has 0 spiro atoms. The Kier molecular flexibility index (Phi) is 2.93. The number of rotatable bonds is 4. The van der Waals surface area contributed by atoms with Crippen molar-refractivity contribution < 1.29 is 14.1 Å². The van der Waals surface area contributed by atoms with Gasteiger partial charge in [0.25, 0.3) is 0 Å². The fourth-order valence-corrected chi connectivity index (χ4v) is 3.08. The van der Waals surface area contributed by atoms with Crippen molar-refractivity contribution in [1.82, 2.24) is 10.1 Å². The van der Waals surface area contributed by atoms with Crippen LogP contribution in [0.5, 0.6) is 0 Å². The highest BCUT2D eigenvalue weighted by atomic mass is 16.5. The lowest BCUT2D eigenvalue weighted by atomic mass is 9.89. The number of nitrogens with zero attached hydrogens (tertiary/aromatic N) is 2. The molecule has 0 saturated carbocycles. The van der Waals surface area contributed by atoms with Gasteiger partial charge in [-0.15, -0.1) is 0 Å². The largest absolute Gasteiger partial charge is 0.374 e. The molecule has 98 valence electrons. The summed E-state index contributed by atoms with van der Waals surface area (Å²) >= 11 is 0. The number of ether oxygens (including phenoxy) is 1. The van der Waals surface area contributed by atoms with Gasteiger partial charge in [0, 0.05) is 0 Å². The molecule has 18 heavy (non-hydrogen) atoms. The first-order valence-electron chi connectivity index (χ1n) is 6.68. The predicted octanol–water partition coefficient (Wildman–Crippen LogP) is 2.19. The van der Waals surface area contributed by atoms with Gasteiger partial charge in [0.15, 0.2) is 5.82 Å². The second kappa shape index (κ2) is 4.46. The molecular formula is C13H18N2O3. The van der Waals surface area contributed by atoms with E-state index in [1.165, 1.54) is 0 Å². The first-order chi connectivity index (χ1) is 8.69. The van der Waals surface area contributed by atoms with Crippen molar-refractivity contribution in [2.75, 3.05) is 0 Å². The minimum atomic E-state index is -0.259. The van der Waals surface area contributed by atoms with Crippen LogP contribution in [-0.2, 0) is 9.53 Å². The third kappa shape index (κ3) is 1.86. The Balaban J connectivity index is 1.79. The van der Waals surface area contributed by atoms with E-state index in [0.29, 0.717) is 18.4 Å². The molecule has 2 bridgehead atoms. The van der Waals surface area contributed by atoms with Crippen molar-refractivity contribution in [3.63, 3.8) is 0 Å². The lowest BCUT2D eigenvalue weighted by molar-refractivity contribution is -0.119. The Hall–Kier alpha value is -1.23. The summed E-state index contributed by atoms with van der Waals surface area (Å²) in [5.41, 5.74) is 0. The van der Waals surface area contributed by atoms with Crippen molar-refractivity contribution in [2.45, 2.75) is 63.6 Å². The number of hydrogen-bond donors (Lipinski definition) is 0. The van der Waals surface area contributed by atoms with Gasteiger partial charge in [0.1, 0.15) is 5.78 Å². The summed E-state index contributed by atoms with van der Waals surface area (Å²) in [6, 6.07) is 0. The fraction of sp³-hybridized carbons (Fsp3) is 0.769. The molecule has 0 aliphatic carbocycles. The van der Waals surface area contributed by atoms with E-state index in [1.807, 2.05) is 6.92 Å². The van der Waals surface area contributed by atoms with E-state index in [2.05, 4.69) is 10.1 Å². The maximum atomic E-state index is 11.5. The van der Waals surface area contributed by atoms with Crippen LogP contribution in [0.2, 0.25) is 0 Å². The van der Waals surface area contributed by atoms with Crippen LogP contribution in [0, 0.1) is 0 Å². The molecular weight excluding hydrogens is 232 g/mol. The second-order valence-corrected chi connectivity index (χ2v) is 5.28. The smallest absolute Gasteiger partial charge is 0.237 e. The Morgan fingerprint density at radius 1 is 1.50 bits per heavy atom. The van der Waals surface area contributed by atoms with E-state index >= 15 is 0 Å². The molecule has 1 aromatic rings. The van der Waals surface area contributed by atoms with E-state index in [4.69, 9.17) is 9.26 Å². The van der Waals surface area contributed by atoms with Crippen LogP contribution < -0.4 is 0 Å². The summed E-state index contributed by atoms with van der Waals surface area (Å²) in [6.45, 7) is 3.52. The molecule has 3 rings (SSSR count). The Morgan fingerprint density at radius 2 is 2.33 bits per heavy atom. The van der Waals surface area contributed by atoms with E-state index in [1.54, 1.807) is 6.92 Å². The van der Waals surface area contributed by atoms with Crippen LogP contribution in [-0.4, -0.2) is 28.1 Å². The first-order valence-corrected chi connectivity index (χ1v) is 6.68. The van der Waals surface area contributed by atoms with E-state index < -0.39 is 0 Å². The number of carbonyl (C=O) groups excluding carboxylic acids is 1. The molecule has 2 fully saturated rings. The zero-order chi connectivity index (χ0) is 12.7. The summed E-state index contributed by atoms with van der Waals surface area (Å²) in [6.07, 6.45) is 4.54. The molecule has 0 aromatic carbocycles. The number of fused-ring (bicyclic) bond motifs is 2. The molecule has 3 heterocycles. The molecule has 2 aliphatic rings. The zero-order valence-corrected chi connectivity index (χ0v) is 10.8. The Labute approximate surface area is 106 Å². The monoisotopic (exact) mass is 250 g/mol. The molecule has 0 amide bonds. The summed E-state index contributed by atoms with van der Waals surface area (Å²) in [7, 11) is 0. The van der Waals surface area contributed by atoms with Crippen molar-refractivity contribution in [1.29, 1.82) is 0 Å². The maximum Gasteiger partial charge on any atom is 0.237 e. The SMILES string of the molecule is CCC(C(C)=O)c1nc(C2CC3CCC2O3)no1. The Bertz CT molecular complexity index is 457. The second-order valence-electron chi connectivity index (χ2n) is 5.28. The summed E-state index contributed by atoms with van der Waals surface area (Å²) in [5.74, 6) is 1.26. The van der Waals surface area contributed by atoms with Crippen molar-refractivity contribution in [3.05, 3.63) is 11.7 Å². The van der Waals surface area contributed by atoms with Gasteiger partial charge in [-0.3, -0.25) is 4.79 Å². The van der Waals surface area contributed by atoms with Gasteiger partial charge in [-0.1, -0.05) is 12.1 Å². The summed E-state index contributed by atoms with van der Waals surface area (Å²) < 4.78 is 11.1. The standard InChI is InChI=1S/C13H18N2O3/c1-3-9(7(2)16)13-14-12(15-18-13)10-6-8-4-5-11(10)17-8/h8-11H,3-6H2,1-2H3. The van der Waals surface area contributed by atoms with Crippen LogP contribution in [0.1, 0.15) is 63.1 Å². The fourth-order valence-electron chi connectivity index (χ4n) is 3.08. The van der Waals surface area contributed by atoms with E-state index in [0.717, 1.165) is 25.1 Å². The quantitative estimate of drug-likeness (QED) is 0.819. The average molecular weight is 250 g/mol. The molecule has 2 aliphatic heterocycles. The molecule has 5 nitrogen and oxygen atoms in total. The summed E-state index contributed by atoms with van der Waals surface area (Å²) in [4.78, 5) is 15.9. The molecule has 2 saturated heterocycles. The maximum absolute atomic E-state index is 11.5. The number of aromatic nitrogens is 2. The number of carbonyl (C=O) groups is 1. The van der Waals surface area contributed by atoms with Crippen molar-refractivity contribution in [3.8, 4) is 0 Å². The Morgan fingerprint density at radius 3 is 2.89 bits per heavy atom. The molecule has 1 aromatic heterocycles. The van der Waals surface area contributed by atoms with Crippen LogP contribution in [0.3, 0.4) is 0 Å². The van der Waals surface area contributed by atoms with Gasteiger partial charge in [-0.25, -0.2) is 0 Å². The number of ketones is 1. The highest BCUT2D eigenvalue weighted by Gasteiger charge is 2.44. The molecule has 0 N–H and O–H groups in total. The molecule has 4 unspecified atom stereocenters. The third-order valence-corrected chi connectivity index (χ3v) is 4.09. The summed E-state index contributed by atoms with van der Waals surface area (Å²) in [5, 5.41) is 4.05. The van der Waals surface area contributed by atoms with Gasteiger partial charge < -0.3 is 9.26 Å². The predicted molar refractivity (Wildman–Crippen MR) is 63.3 cm³/mol. The topological polar surface area (TPSA) is 65.2 Å². The zero-order valence-electron chi connectivity index (χ0n) is 10.8. The van der Waals surface area contributed by atoms with Gasteiger partial charge in [0.2, 0.25) is 5.89 Å². The normalized spacial score (nSPS) is 31.8. The highest BCUT2D eigenvalue weighted by molar-refractivity contribution is 5.82. The molecule has 4 atom stereocenters. The van der Waals surface area contributed by atoms with Gasteiger partial charge in [-0.05, 0) is 32.6 Å². The van der Waals surface area contributed by atoms with Crippen molar-refractivity contribution in [2.24, 2.45) is 0 Å². The van der Waals surface area contributed by atoms with Crippen LogP contribution in [0.4, 0.5) is 0 Å². The highest BCUT2D eigenvalue weighted by Crippen LogP contribution is 2.43. The lowest BCUT2D eigenvalue weighted by Gasteiger charge is -2.13. The first kappa shape index (κ1) is 11.8. The van der Waals surface area contributed by atoms with E-state index in [9.17, 15) is 4.79 Å². The van der Waals surface area contributed by atoms with Crippen LogP contribution >= 0.6 is 0 Å². The third-order valence-electron chi connectivity index (χ3n) is 4.09. The molecule has 0 radical (unpaired) electrons. The minimum absolute atomic E-state index is 0.0805. The van der Waals surface area contributed by atoms with E-state index in [-0.39, 0.29) is 23.7 Å². The lowest BCUT2D eigenvalue weighted by Crippen LogP contribution is -2.16. The number of hydrogen-bond acceptors (Lipinski definition) is 5. The van der Waals surface area contributed by atoms with Gasteiger partial charge in [-0.2, -0.15) is 4.98 Å². The van der Waals surface area contributed by atoms with Crippen LogP contribution in [0.25, 0.3) is 0 Å².